The molecule has 1 aromatic carbocycles. The molecule has 0 aliphatic carbocycles. The zero-order chi connectivity index (χ0) is 19.2. The van der Waals surface area contributed by atoms with E-state index in [2.05, 4.69) is 20.9 Å². The second-order valence-corrected chi connectivity index (χ2v) is 7.31. The van der Waals surface area contributed by atoms with Gasteiger partial charge in [-0.2, -0.15) is 0 Å². The number of halogens is 1. The van der Waals surface area contributed by atoms with Crippen molar-refractivity contribution in [3.05, 3.63) is 36.2 Å². The normalized spacial score (nSPS) is 19.9. The van der Waals surface area contributed by atoms with Gasteiger partial charge in [0.05, 0.1) is 24.0 Å². The summed E-state index contributed by atoms with van der Waals surface area (Å²) in [5, 5.41) is 14.4. The van der Waals surface area contributed by atoms with Crippen LogP contribution in [-0.2, 0) is 4.74 Å². The molecule has 9 heteroatoms. The maximum absolute atomic E-state index is 12.6. The summed E-state index contributed by atoms with van der Waals surface area (Å²) in [5.41, 5.74) is 0.934. The highest BCUT2D eigenvalue weighted by Crippen LogP contribution is 2.26. The largest absolute Gasteiger partial charge is 0.489 e. The minimum absolute atomic E-state index is 0. The van der Waals surface area contributed by atoms with Gasteiger partial charge in [0.2, 0.25) is 0 Å². The number of ether oxygens (including phenoxy) is 2. The molecule has 1 aromatic heterocycles. The molecule has 29 heavy (non-hydrogen) atoms. The Balaban J connectivity index is 0.00000240. The average Bonchev–Trinajstić information content (AvgIpc) is 3.25. The number of nitrogens with zero attached hydrogens (tertiary/aromatic N) is 3. The average molecular weight is 422 g/mol. The predicted octanol–water partition coefficient (Wildman–Crippen LogP) is 2.82. The van der Waals surface area contributed by atoms with Gasteiger partial charge in [0.1, 0.15) is 12.4 Å². The lowest BCUT2D eigenvalue weighted by Crippen LogP contribution is -2.29. The molecular weight excluding hydrogens is 394 g/mol. The van der Waals surface area contributed by atoms with Crippen molar-refractivity contribution in [3.63, 3.8) is 0 Å². The van der Waals surface area contributed by atoms with E-state index in [1.807, 2.05) is 24.3 Å². The van der Waals surface area contributed by atoms with Gasteiger partial charge in [-0.15, -0.1) is 17.5 Å². The summed E-state index contributed by atoms with van der Waals surface area (Å²) >= 11 is 0. The number of piperidine rings is 1. The fraction of sp³-hybridized carbons (Fsp3) is 0.550. The van der Waals surface area contributed by atoms with Crippen molar-refractivity contribution in [1.82, 2.24) is 20.3 Å². The Labute approximate surface area is 176 Å². The van der Waals surface area contributed by atoms with Crippen molar-refractivity contribution < 1.29 is 14.3 Å². The lowest BCUT2D eigenvalue weighted by atomic mass is 10.1. The van der Waals surface area contributed by atoms with Crippen LogP contribution >= 0.6 is 12.4 Å². The van der Waals surface area contributed by atoms with Gasteiger partial charge < -0.3 is 20.1 Å². The maximum Gasteiger partial charge on any atom is 0.277 e. The zero-order valence-corrected chi connectivity index (χ0v) is 17.2. The SMILES string of the molecule is Cl.O=C(Nc1ccccc1OCC1CCCCO1)c1cn(C2CCNCC2)nn1. The van der Waals surface area contributed by atoms with Crippen LogP contribution in [0.4, 0.5) is 5.69 Å². The second kappa shape index (κ2) is 10.6. The number of hydrogen-bond acceptors (Lipinski definition) is 6. The highest BCUT2D eigenvalue weighted by atomic mass is 35.5. The van der Waals surface area contributed by atoms with Crippen LogP contribution in [0.3, 0.4) is 0 Å². The lowest BCUT2D eigenvalue weighted by molar-refractivity contribution is -0.0109. The summed E-state index contributed by atoms with van der Waals surface area (Å²) in [6.07, 6.45) is 7.11. The Hall–Kier alpha value is -2.16. The van der Waals surface area contributed by atoms with E-state index in [1.54, 1.807) is 10.9 Å². The van der Waals surface area contributed by atoms with Crippen LogP contribution in [0, 0.1) is 0 Å². The molecular formula is C20H28ClN5O3. The quantitative estimate of drug-likeness (QED) is 0.745. The number of carbonyl (C=O) groups excluding carboxylic acids is 1. The summed E-state index contributed by atoms with van der Waals surface area (Å²) < 4.78 is 13.4. The first kappa shape index (κ1) is 21.5. The van der Waals surface area contributed by atoms with Gasteiger partial charge in [-0.3, -0.25) is 4.79 Å². The molecule has 2 saturated heterocycles. The number of carbonyl (C=O) groups is 1. The standard InChI is InChI=1S/C20H27N5O3.ClH/c26-20(18-13-25(24-23-18)15-8-10-21-11-9-15)22-17-6-1-2-7-19(17)28-14-16-5-3-4-12-27-16;/h1-2,6-7,13,15-16,21H,3-5,8-12,14H2,(H,22,26);1H. The first-order chi connectivity index (χ1) is 13.8. The van der Waals surface area contributed by atoms with Crippen LogP contribution < -0.4 is 15.4 Å². The van der Waals surface area contributed by atoms with Gasteiger partial charge in [-0.1, -0.05) is 17.3 Å². The number of anilines is 1. The smallest absolute Gasteiger partial charge is 0.277 e. The van der Waals surface area contributed by atoms with Crippen molar-refractivity contribution in [2.75, 3.05) is 31.6 Å². The van der Waals surface area contributed by atoms with Crippen molar-refractivity contribution in [1.29, 1.82) is 0 Å². The number of aromatic nitrogens is 3. The Morgan fingerprint density at radius 3 is 2.86 bits per heavy atom. The third-order valence-electron chi connectivity index (χ3n) is 5.26. The minimum atomic E-state index is -0.287. The fourth-order valence-corrected chi connectivity index (χ4v) is 3.63. The topological polar surface area (TPSA) is 90.3 Å². The summed E-state index contributed by atoms with van der Waals surface area (Å²) in [4.78, 5) is 12.6. The Morgan fingerprint density at radius 2 is 2.07 bits per heavy atom. The molecule has 1 unspecified atom stereocenters. The third kappa shape index (κ3) is 5.68. The van der Waals surface area contributed by atoms with Crippen molar-refractivity contribution in [2.24, 2.45) is 0 Å². The van der Waals surface area contributed by atoms with E-state index in [0.29, 0.717) is 29.8 Å². The molecule has 2 aliphatic heterocycles. The van der Waals surface area contributed by atoms with Crippen molar-refractivity contribution >= 4 is 24.0 Å². The molecule has 2 N–H and O–H groups in total. The molecule has 2 aromatic rings. The molecule has 0 bridgehead atoms. The molecule has 3 heterocycles. The molecule has 0 saturated carbocycles. The predicted molar refractivity (Wildman–Crippen MR) is 112 cm³/mol. The Bertz CT molecular complexity index is 788. The van der Waals surface area contributed by atoms with Gasteiger partial charge in [0.15, 0.2) is 5.69 Å². The van der Waals surface area contributed by atoms with Gasteiger partial charge in [0, 0.05) is 6.61 Å². The van der Waals surface area contributed by atoms with E-state index >= 15 is 0 Å². The van der Waals surface area contributed by atoms with E-state index in [9.17, 15) is 4.79 Å². The fourth-order valence-electron chi connectivity index (χ4n) is 3.63. The van der Waals surface area contributed by atoms with Crippen LogP contribution in [-0.4, -0.2) is 53.3 Å². The van der Waals surface area contributed by atoms with Crippen molar-refractivity contribution in [2.45, 2.75) is 44.2 Å². The minimum Gasteiger partial charge on any atom is -0.489 e. The van der Waals surface area contributed by atoms with E-state index in [-0.39, 0.29) is 24.4 Å². The van der Waals surface area contributed by atoms with Crippen LogP contribution in [0.15, 0.2) is 30.5 Å². The monoisotopic (exact) mass is 421 g/mol. The summed E-state index contributed by atoms with van der Waals surface area (Å²) in [6.45, 7) is 3.20. The van der Waals surface area contributed by atoms with Crippen molar-refractivity contribution in [3.8, 4) is 5.75 Å². The number of nitrogens with one attached hydrogen (secondary N) is 2. The van der Waals surface area contributed by atoms with Gasteiger partial charge in [-0.25, -0.2) is 4.68 Å². The summed E-state index contributed by atoms with van der Waals surface area (Å²) in [6, 6.07) is 7.73. The van der Waals surface area contributed by atoms with E-state index in [4.69, 9.17) is 9.47 Å². The second-order valence-electron chi connectivity index (χ2n) is 7.31. The zero-order valence-electron chi connectivity index (χ0n) is 16.4. The molecule has 2 aliphatic rings. The van der Waals surface area contributed by atoms with E-state index < -0.39 is 0 Å². The molecule has 1 amide bonds. The molecule has 8 nitrogen and oxygen atoms in total. The molecule has 1 atom stereocenters. The van der Waals surface area contributed by atoms with Crippen LogP contribution in [0.1, 0.15) is 48.6 Å². The van der Waals surface area contributed by atoms with E-state index in [1.165, 1.54) is 6.42 Å². The highest BCUT2D eigenvalue weighted by Gasteiger charge is 2.20. The van der Waals surface area contributed by atoms with Crippen LogP contribution in [0.25, 0.3) is 0 Å². The number of hydrogen-bond donors (Lipinski definition) is 2. The summed E-state index contributed by atoms with van der Waals surface area (Å²) in [7, 11) is 0. The number of para-hydroxylation sites is 2. The first-order valence-corrected chi connectivity index (χ1v) is 10.1. The number of benzene rings is 1. The molecule has 0 spiro atoms. The maximum atomic E-state index is 12.6. The number of amides is 1. The van der Waals surface area contributed by atoms with Gasteiger partial charge in [-0.05, 0) is 57.3 Å². The van der Waals surface area contributed by atoms with Crippen LogP contribution in [0.2, 0.25) is 0 Å². The molecule has 2 fully saturated rings. The first-order valence-electron chi connectivity index (χ1n) is 10.1. The lowest BCUT2D eigenvalue weighted by Gasteiger charge is -2.23. The Kier molecular flexibility index (Phi) is 7.85. The number of rotatable bonds is 6. The Morgan fingerprint density at radius 1 is 1.24 bits per heavy atom. The van der Waals surface area contributed by atoms with E-state index in [0.717, 1.165) is 45.4 Å². The van der Waals surface area contributed by atoms with Crippen LogP contribution in [0.5, 0.6) is 5.75 Å². The van der Waals surface area contributed by atoms with Gasteiger partial charge in [0.25, 0.3) is 5.91 Å². The highest BCUT2D eigenvalue weighted by molar-refractivity contribution is 6.03. The van der Waals surface area contributed by atoms with Gasteiger partial charge >= 0.3 is 0 Å². The molecule has 0 radical (unpaired) electrons. The third-order valence-corrected chi connectivity index (χ3v) is 5.26. The summed E-state index contributed by atoms with van der Waals surface area (Å²) in [5.74, 6) is 0.348. The molecule has 4 rings (SSSR count). The molecule has 158 valence electrons.